The predicted octanol–water partition coefficient (Wildman–Crippen LogP) is 4.36. The van der Waals surface area contributed by atoms with Crippen molar-refractivity contribution in [1.82, 2.24) is 9.88 Å². The molecule has 25 heavy (non-hydrogen) atoms. The van der Waals surface area contributed by atoms with Crippen molar-refractivity contribution >= 4 is 23.0 Å². The minimum absolute atomic E-state index is 0.109. The molecule has 2 aromatic rings. The van der Waals surface area contributed by atoms with Crippen LogP contribution in [-0.2, 0) is 11.2 Å². The van der Waals surface area contributed by atoms with Crippen LogP contribution in [0.15, 0.2) is 42.7 Å². The molecule has 0 bridgehead atoms. The summed E-state index contributed by atoms with van der Waals surface area (Å²) in [5.41, 5.74) is 4.70. The van der Waals surface area contributed by atoms with E-state index in [-0.39, 0.29) is 6.04 Å². The lowest BCUT2D eigenvalue weighted by Gasteiger charge is -2.32. The standard InChI is InChI=1S/C20H27N3OS/c1-5-17-9-6-8-15(2)19(17)22-20(25)23(12-13-24-4)16(3)18-10-7-11-21-14-18/h6-11,14,16H,5,12-13H2,1-4H3,(H,22,25)/t16-/m1/s1. The fourth-order valence-electron chi connectivity index (χ4n) is 2.84. The third kappa shape index (κ3) is 5.00. The van der Waals surface area contributed by atoms with E-state index in [1.165, 1.54) is 11.1 Å². The first kappa shape index (κ1) is 19.3. The van der Waals surface area contributed by atoms with E-state index in [4.69, 9.17) is 17.0 Å². The Kier molecular flexibility index (Phi) is 7.34. The molecule has 2 rings (SSSR count). The number of anilines is 1. The lowest BCUT2D eigenvalue weighted by atomic mass is 10.1. The van der Waals surface area contributed by atoms with Gasteiger partial charge in [0.1, 0.15) is 0 Å². The van der Waals surface area contributed by atoms with Crippen molar-refractivity contribution in [2.45, 2.75) is 33.2 Å². The van der Waals surface area contributed by atoms with Gasteiger partial charge in [0.25, 0.3) is 0 Å². The summed E-state index contributed by atoms with van der Waals surface area (Å²) in [5.74, 6) is 0. The van der Waals surface area contributed by atoms with Crippen molar-refractivity contribution in [3.05, 3.63) is 59.4 Å². The number of nitrogens with zero attached hydrogens (tertiary/aromatic N) is 2. The Hall–Kier alpha value is -1.98. The average molecular weight is 358 g/mol. The summed E-state index contributed by atoms with van der Waals surface area (Å²) in [5, 5.41) is 4.18. The van der Waals surface area contributed by atoms with Gasteiger partial charge in [-0.3, -0.25) is 4.98 Å². The molecule has 1 aromatic carbocycles. The number of pyridine rings is 1. The van der Waals surface area contributed by atoms with Crippen LogP contribution in [0.5, 0.6) is 0 Å². The quantitative estimate of drug-likeness (QED) is 0.745. The van der Waals surface area contributed by atoms with Gasteiger partial charge >= 0.3 is 0 Å². The van der Waals surface area contributed by atoms with Gasteiger partial charge < -0.3 is 15.0 Å². The van der Waals surface area contributed by atoms with Crippen LogP contribution in [0.4, 0.5) is 5.69 Å². The van der Waals surface area contributed by atoms with E-state index < -0.39 is 0 Å². The molecule has 1 aromatic heterocycles. The van der Waals surface area contributed by atoms with Crippen LogP contribution in [0.3, 0.4) is 0 Å². The zero-order valence-corrected chi connectivity index (χ0v) is 16.3. The molecule has 0 aliphatic carbocycles. The molecule has 134 valence electrons. The number of para-hydroxylation sites is 1. The highest BCUT2D eigenvalue weighted by Gasteiger charge is 2.20. The maximum Gasteiger partial charge on any atom is 0.174 e. The van der Waals surface area contributed by atoms with Gasteiger partial charge in [-0.15, -0.1) is 0 Å². The van der Waals surface area contributed by atoms with Crippen molar-refractivity contribution < 1.29 is 4.74 Å². The van der Waals surface area contributed by atoms with Crippen molar-refractivity contribution in [1.29, 1.82) is 0 Å². The third-order valence-electron chi connectivity index (χ3n) is 4.40. The summed E-state index contributed by atoms with van der Waals surface area (Å²) >= 11 is 5.75. The predicted molar refractivity (Wildman–Crippen MR) is 108 cm³/mol. The summed E-state index contributed by atoms with van der Waals surface area (Å²) in [7, 11) is 1.71. The van der Waals surface area contributed by atoms with Crippen LogP contribution in [-0.4, -0.2) is 35.3 Å². The van der Waals surface area contributed by atoms with Crippen LogP contribution in [0.1, 0.15) is 36.6 Å². The minimum atomic E-state index is 0.109. The number of aromatic nitrogens is 1. The first-order valence-corrected chi connectivity index (χ1v) is 9.04. The maximum atomic E-state index is 5.75. The molecule has 0 radical (unpaired) electrons. The van der Waals surface area contributed by atoms with Crippen LogP contribution in [0.2, 0.25) is 0 Å². The summed E-state index contributed by atoms with van der Waals surface area (Å²) in [4.78, 5) is 6.39. The Morgan fingerprint density at radius 1 is 1.32 bits per heavy atom. The Morgan fingerprint density at radius 3 is 2.76 bits per heavy atom. The average Bonchev–Trinajstić information content (AvgIpc) is 2.64. The highest BCUT2D eigenvalue weighted by atomic mass is 32.1. The Morgan fingerprint density at radius 2 is 2.12 bits per heavy atom. The molecule has 5 heteroatoms. The second-order valence-corrected chi connectivity index (χ2v) is 6.43. The first-order chi connectivity index (χ1) is 12.1. The van der Waals surface area contributed by atoms with Crippen molar-refractivity contribution in [2.75, 3.05) is 25.6 Å². The second-order valence-electron chi connectivity index (χ2n) is 6.04. The zero-order valence-electron chi connectivity index (χ0n) is 15.5. The van der Waals surface area contributed by atoms with E-state index in [2.05, 4.69) is 60.2 Å². The zero-order chi connectivity index (χ0) is 18.2. The van der Waals surface area contributed by atoms with E-state index in [1.807, 2.05) is 12.3 Å². The van der Waals surface area contributed by atoms with E-state index in [9.17, 15) is 0 Å². The van der Waals surface area contributed by atoms with Crippen LogP contribution >= 0.6 is 12.2 Å². The van der Waals surface area contributed by atoms with Crippen LogP contribution in [0.25, 0.3) is 0 Å². The SMILES string of the molecule is CCc1cccc(C)c1NC(=S)N(CCOC)[C@H](C)c1cccnc1. The molecule has 0 saturated heterocycles. The number of ether oxygens (including phenoxy) is 1. The van der Waals surface area contributed by atoms with Gasteiger partial charge in [-0.05, 0) is 55.2 Å². The van der Waals surface area contributed by atoms with Gasteiger partial charge in [0.15, 0.2) is 5.11 Å². The highest BCUT2D eigenvalue weighted by Crippen LogP contribution is 2.24. The summed E-state index contributed by atoms with van der Waals surface area (Å²) in [6, 6.07) is 10.5. The van der Waals surface area contributed by atoms with Crippen molar-refractivity contribution in [2.24, 2.45) is 0 Å². The number of rotatable bonds is 7. The van der Waals surface area contributed by atoms with Crippen molar-refractivity contribution in [3.8, 4) is 0 Å². The van der Waals surface area contributed by atoms with E-state index in [0.717, 1.165) is 17.7 Å². The maximum absolute atomic E-state index is 5.75. The van der Waals surface area contributed by atoms with Gasteiger partial charge in [0.05, 0.1) is 12.6 Å². The number of methoxy groups -OCH3 is 1. The number of thiocarbonyl (C=S) groups is 1. The fraction of sp³-hybridized carbons (Fsp3) is 0.400. The largest absolute Gasteiger partial charge is 0.383 e. The second kappa shape index (κ2) is 9.49. The number of aryl methyl sites for hydroxylation is 2. The smallest absolute Gasteiger partial charge is 0.174 e. The molecule has 4 nitrogen and oxygen atoms in total. The van der Waals surface area contributed by atoms with Gasteiger partial charge in [-0.1, -0.05) is 31.2 Å². The molecular formula is C20H27N3OS. The van der Waals surface area contributed by atoms with Gasteiger partial charge in [0, 0.05) is 31.7 Å². The van der Waals surface area contributed by atoms with Gasteiger partial charge in [-0.25, -0.2) is 0 Å². The van der Waals surface area contributed by atoms with E-state index in [0.29, 0.717) is 18.3 Å². The monoisotopic (exact) mass is 357 g/mol. The highest BCUT2D eigenvalue weighted by molar-refractivity contribution is 7.80. The minimum Gasteiger partial charge on any atom is -0.383 e. The molecule has 1 N–H and O–H groups in total. The summed E-state index contributed by atoms with van der Waals surface area (Å²) < 4.78 is 5.28. The third-order valence-corrected chi connectivity index (χ3v) is 4.74. The molecule has 1 heterocycles. The molecule has 0 aliphatic rings. The van der Waals surface area contributed by atoms with Gasteiger partial charge in [0.2, 0.25) is 0 Å². The number of nitrogens with one attached hydrogen (secondary N) is 1. The van der Waals surface area contributed by atoms with Crippen LogP contribution < -0.4 is 5.32 Å². The molecule has 0 amide bonds. The topological polar surface area (TPSA) is 37.4 Å². The molecule has 0 aliphatic heterocycles. The number of hydrogen-bond donors (Lipinski definition) is 1. The first-order valence-electron chi connectivity index (χ1n) is 8.63. The molecule has 1 atom stereocenters. The van der Waals surface area contributed by atoms with Crippen LogP contribution in [0, 0.1) is 6.92 Å². The van der Waals surface area contributed by atoms with Crippen molar-refractivity contribution in [3.63, 3.8) is 0 Å². The molecular weight excluding hydrogens is 330 g/mol. The van der Waals surface area contributed by atoms with E-state index in [1.54, 1.807) is 13.3 Å². The normalized spacial score (nSPS) is 11.8. The Bertz CT molecular complexity index is 691. The Balaban J connectivity index is 2.24. The number of hydrogen-bond acceptors (Lipinski definition) is 3. The molecule has 0 fully saturated rings. The molecule has 0 spiro atoms. The lowest BCUT2D eigenvalue weighted by Crippen LogP contribution is -2.39. The summed E-state index contributed by atoms with van der Waals surface area (Å²) in [6.07, 6.45) is 4.63. The number of benzene rings is 1. The fourth-order valence-corrected chi connectivity index (χ4v) is 3.20. The molecule has 0 unspecified atom stereocenters. The van der Waals surface area contributed by atoms with E-state index >= 15 is 0 Å². The molecule has 0 saturated carbocycles. The summed E-state index contributed by atoms with van der Waals surface area (Å²) in [6.45, 7) is 7.73. The van der Waals surface area contributed by atoms with Gasteiger partial charge in [-0.2, -0.15) is 0 Å². The Labute approximate surface area is 156 Å². The lowest BCUT2D eigenvalue weighted by molar-refractivity contribution is 0.165.